The number of aliphatic hydroxyl groups is 14. The van der Waals surface area contributed by atoms with Gasteiger partial charge in [0.2, 0.25) is 0 Å². The second kappa shape index (κ2) is 23.3. The summed E-state index contributed by atoms with van der Waals surface area (Å²) in [6, 6.07) is 0. The van der Waals surface area contributed by atoms with Crippen LogP contribution >= 0.6 is 0 Å². The van der Waals surface area contributed by atoms with Gasteiger partial charge >= 0.3 is 0 Å². The van der Waals surface area contributed by atoms with Gasteiger partial charge in [0, 0.05) is 0 Å². The molecule has 4 saturated carbocycles. The van der Waals surface area contributed by atoms with Crippen molar-refractivity contribution in [2.45, 2.75) is 254 Å². The molecule has 4 aliphatic carbocycles. The molecule has 0 aromatic rings. The third kappa shape index (κ3) is 10.7. The fraction of sp³-hybridized carbons (Fsp3) is 0.963. The maximum absolute atomic E-state index is 12.9. The molecule has 0 spiro atoms. The second-order valence-corrected chi connectivity index (χ2v) is 25.5. The van der Waals surface area contributed by atoms with Gasteiger partial charge in [-0.2, -0.15) is 0 Å². The summed E-state index contributed by atoms with van der Waals surface area (Å²) >= 11 is 0. The number of fused-ring (bicyclic) bond motifs is 5. The number of hydrogen-bond acceptors (Lipinski definition) is 22. The van der Waals surface area contributed by atoms with Crippen LogP contribution in [0.5, 0.6) is 0 Å². The van der Waals surface area contributed by atoms with Crippen LogP contribution in [0.3, 0.4) is 0 Å². The van der Waals surface area contributed by atoms with Gasteiger partial charge in [-0.1, -0.05) is 46.3 Å². The van der Waals surface area contributed by atoms with E-state index in [1.54, 1.807) is 0 Å². The zero-order valence-electron chi connectivity index (χ0n) is 45.4. The number of allylic oxidation sites excluding steroid dienone is 2. The third-order valence-corrected chi connectivity index (χ3v) is 20.8. The molecule has 0 unspecified atom stereocenters. The average molecular weight is 1090 g/mol. The Labute approximate surface area is 445 Å². The Morgan fingerprint density at radius 2 is 1.07 bits per heavy atom. The molecular formula is C54H92O22. The Morgan fingerprint density at radius 1 is 0.539 bits per heavy atom. The van der Waals surface area contributed by atoms with E-state index in [9.17, 15) is 71.5 Å². The van der Waals surface area contributed by atoms with E-state index >= 15 is 0 Å². The van der Waals surface area contributed by atoms with Crippen molar-refractivity contribution in [3.05, 3.63) is 11.6 Å². The number of ether oxygens (including phenoxy) is 8. The highest BCUT2D eigenvalue weighted by Gasteiger charge is 2.70. The van der Waals surface area contributed by atoms with Gasteiger partial charge < -0.3 is 109 Å². The van der Waals surface area contributed by atoms with Gasteiger partial charge in [0.05, 0.1) is 44.2 Å². The molecule has 14 N–H and O–H groups in total. The van der Waals surface area contributed by atoms with E-state index in [1.165, 1.54) is 6.92 Å². The molecule has 4 heterocycles. The lowest BCUT2D eigenvalue weighted by molar-refractivity contribution is -0.398. The Kier molecular flexibility index (Phi) is 18.6. The second-order valence-electron chi connectivity index (χ2n) is 25.5. The van der Waals surface area contributed by atoms with E-state index in [1.807, 2.05) is 13.8 Å². The van der Waals surface area contributed by atoms with Crippen molar-refractivity contribution in [3.8, 4) is 0 Å². The van der Waals surface area contributed by atoms with Crippen LogP contribution in [-0.4, -0.2) is 232 Å². The minimum atomic E-state index is -1.90. The first-order valence-corrected chi connectivity index (χ1v) is 27.8. The number of rotatable bonds is 16. The summed E-state index contributed by atoms with van der Waals surface area (Å²) in [7, 11) is 0. The van der Waals surface area contributed by atoms with Crippen molar-refractivity contribution < 1.29 is 109 Å². The van der Waals surface area contributed by atoms with Crippen LogP contribution in [0.25, 0.3) is 0 Å². The summed E-state index contributed by atoms with van der Waals surface area (Å²) in [6.45, 7) is 14.7. The van der Waals surface area contributed by atoms with Crippen molar-refractivity contribution in [3.63, 3.8) is 0 Å². The van der Waals surface area contributed by atoms with Crippen LogP contribution in [-0.2, 0) is 37.9 Å². The van der Waals surface area contributed by atoms with E-state index in [-0.39, 0.29) is 46.5 Å². The maximum atomic E-state index is 12.9. The van der Waals surface area contributed by atoms with Gasteiger partial charge in [-0.25, -0.2) is 0 Å². The highest BCUT2D eigenvalue weighted by atomic mass is 16.8. The summed E-state index contributed by atoms with van der Waals surface area (Å²) in [4.78, 5) is 0. The molecule has 4 saturated heterocycles. The van der Waals surface area contributed by atoms with Gasteiger partial charge in [-0.05, 0) is 130 Å². The normalized spacial score (nSPS) is 52.2. The molecule has 22 nitrogen and oxygen atoms in total. The summed E-state index contributed by atoms with van der Waals surface area (Å²) < 4.78 is 49.3. The highest BCUT2D eigenvalue weighted by Crippen LogP contribution is 2.76. The maximum Gasteiger partial charge on any atom is 0.187 e. The smallest absolute Gasteiger partial charge is 0.187 e. The predicted molar refractivity (Wildman–Crippen MR) is 265 cm³/mol. The first-order chi connectivity index (χ1) is 35.6. The van der Waals surface area contributed by atoms with E-state index < -0.39 is 160 Å². The molecule has 8 fully saturated rings. The first kappa shape index (κ1) is 60.9. The van der Waals surface area contributed by atoms with E-state index in [2.05, 4.69) is 40.7 Å². The molecule has 4 aliphatic heterocycles. The zero-order chi connectivity index (χ0) is 55.8. The Morgan fingerprint density at radius 3 is 1.67 bits per heavy atom. The quantitative estimate of drug-likeness (QED) is 0.0639. The minimum absolute atomic E-state index is 0.103. The van der Waals surface area contributed by atoms with Crippen molar-refractivity contribution in [1.82, 2.24) is 0 Å². The lowest BCUT2D eigenvalue weighted by atomic mass is 9.35. The number of hydrogen-bond donors (Lipinski definition) is 14. The molecule has 8 aliphatic rings. The van der Waals surface area contributed by atoms with Gasteiger partial charge in [0.15, 0.2) is 25.2 Å². The Balaban J connectivity index is 1.04. The van der Waals surface area contributed by atoms with Gasteiger partial charge in [0.25, 0.3) is 0 Å². The van der Waals surface area contributed by atoms with Crippen molar-refractivity contribution in [2.75, 3.05) is 26.4 Å². The predicted octanol–water partition coefficient (Wildman–Crippen LogP) is -1.17. The fourth-order valence-electron chi connectivity index (χ4n) is 16.2. The van der Waals surface area contributed by atoms with Crippen LogP contribution in [0.15, 0.2) is 11.6 Å². The largest absolute Gasteiger partial charge is 0.394 e. The lowest BCUT2D eigenvalue weighted by Crippen LogP contribution is -2.68. The molecule has 8 rings (SSSR count). The molecule has 440 valence electrons. The number of aliphatic hydroxyl groups excluding tert-OH is 13. The van der Waals surface area contributed by atoms with Crippen LogP contribution in [0.2, 0.25) is 0 Å². The molecule has 0 radical (unpaired) electrons. The highest BCUT2D eigenvalue weighted by molar-refractivity contribution is 5.19. The van der Waals surface area contributed by atoms with Gasteiger partial charge in [-0.3, -0.25) is 0 Å². The Hall–Kier alpha value is -1.14. The van der Waals surface area contributed by atoms with Gasteiger partial charge in [0.1, 0.15) is 91.6 Å². The summed E-state index contributed by atoms with van der Waals surface area (Å²) in [5, 5.41) is 152. The molecule has 0 bridgehead atoms. The molecule has 76 heavy (non-hydrogen) atoms. The molecule has 22 heteroatoms. The summed E-state index contributed by atoms with van der Waals surface area (Å²) in [6.07, 6.45) is -22.5. The molecular weight excluding hydrogens is 1000 g/mol. The molecule has 0 aromatic carbocycles. The van der Waals surface area contributed by atoms with E-state index in [0.717, 1.165) is 50.5 Å². The standard InChI is InChI=1S/C54H92O22/c1-24(2)10-9-16-54(68,23-69-46-41(65)39(63)35(59)28(20-55)71-46)27-13-18-52(7)26(27)11-12-32-51(6)17-15-33(50(4,5)31(51)14-19-53(32,52)8)74-49-45(76-47-42(66)38(62)34(58)25(3)70-47)44(37(61)30(22-57)73-49)75-48-43(67)40(64)36(60)29(21-56)72-48/h10,25-49,55-68H,9,11-23H2,1-8H3/t25-,26-,27+,28-,29-,30+,31-,32+,33+,34-,35-,36-,37+,38+,39+,40+,41-,42-,43-,44-,45+,46-,47+,48+,49-,51+,52+,53+,54+/m0/s1. The summed E-state index contributed by atoms with van der Waals surface area (Å²) in [5.74, 6) is 0.313. The molecule has 0 amide bonds. The molecule has 0 aromatic heterocycles. The van der Waals surface area contributed by atoms with Gasteiger partial charge in [-0.15, -0.1) is 0 Å². The van der Waals surface area contributed by atoms with Crippen LogP contribution in [0, 0.1) is 45.3 Å². The zero-order valence-corrected chi connectivity index (χ0v) is 45.4. The molecule has 29 atom stereocenters. The monoisotopic (exact) mass is 1090 g/mol. The van der Waals surface area contributed by atoms with Crippen molar-refractivity contribution in [2.24, 2.45) is 45.3 Å². The summed E-state index contributed by atoms with van der Waals surface area (Å²) in [5.41, 5.74) is -1.33. The minimum Gasteiger partial charge on any atom is -0.394 e. The van der Waals surface area contributed by atoms with Crippen LogP contribution in [0.1, 0.15) is 120 Å². The third-order valence-electron chi connectivity index (χ3n) is 20.8. The Bertz CT molecular complexity index is 1960. The topological polar surface area (TPSA) is 357 Å². The van der Waals surface area contributed by atoms with E-state index in [4.69, 9.17) is 37.9 Å². The van der Waals surface area contributed by atoms with Crippen LogP contribution < -0.4 is 0 Å². The van der Waals surface area contributed by atoms with Crippen LogP contribution in [0.4, 0.5) is 0 Å². The fourth-order valence-corrected chi connectivity index (χ4v) is 16.2. The van der Waals surface area contributed by atoms with Crippen molar-refractivity contribution in [1.29, 1.82) is 0 Å². The average Bonchev–Trinajstić information content (AvgIpc) is 3.79. The first-order valence-electron chi connectivity index (χ1n) is 27.8. The SMILES string of the molecule is CC(C)=CCC[C@@](O)(CO[C@H]1O[C@@H](CO)[C@H](O)[C@@H](O)[C@@H]1O)[C@@H]1CC[C@]2(C)[C@H]1CC[C@@H]1[C@]3(C)CC[C@@H](O[C@@H]4O[C@H](CO)[C@@H](O)[C@H](O[C@H]5O[C@@H](CO)[C@H](O)[C@@H](O)[C@@H]5O)[C@H]4O[C@H]4O[C@@H](C)[C@H](O)[C@@H](O)[C@@H]4O)C(C)(C)[C@@H]3CC[C@]12C. The van der Waals surface area contributed by atoms with Crippen molar-refractivity contribution >= 4 is 0 Å². The lowest BCUT2D eigenvalue weighted by Gasteiger charge is -2.70. The van der Waals surface area contributed by atoms with E-state index in [0.29, 0.717) is 19.3 Å².